The molecule has 3 saturated heterocycles. The van der Waals surface area contributed by atoms with Gasteiger partial charge in [-0.1, -0.05) is 35.3 Å². The van der Waals surface area contributed by atoms with Gasteiger partial charge in [-0.15, -0.1) is 0 Å². The van der Waals surface area contributed by atoms with Crippen LogP contribution in [-0.2, 0) is 0 Å². The molecule has 2 amide bonds. The third-order valence-electron chi connectivity index (χ3n) is 8.66. The summed E-state index contributed by atoms with van der Waals surface area (Å²) in [5, 5.41) is 12.8. The van der Waals surface area contributed by atoms with Gasteiger partial charge in [-0.05, 0) is 52.3 Å². The molecule has 6 rings (SSSR count). The van der Waals surface area contributed by atoms with Gasteiger partial charge in [0, 0.05) is 75.3 Å². The molecule has 0 radical (unpaired) electrons. The number of β-amino-alcohol motifs (C(OH)–C–C–N with tert-alkyl or cyclic N) is 1. The lowest BCUT2D eigenvalue weighted by atomic mass is 9.98. The zero-order valence-corrected chi connectivity index (χ0v) is 26.5. The molecule has 1 N–H and O–H groups in total. The normalized spacial score (nSPS) is 23.5. The van der Waals surface area contributed by atoms with E-state index in [0.717, 1.165) is 4.47 Å². The maximum Gasteiger partial charge on any atom is 0.255 e. The summed E-state index contributed by atoms with van der Waals surface area (Å²) in [5.41, 5.74) is 0.352. The summed E-state index contributed by atoms with van der Waals surface area (Å²) < 4.78 is 0.781. The summed E-state index contributed by atoms with van der Waals surface area (Å²) in [7, 11) is 0. The van der Waals surface area contributed by atoms with E-state index >= 15 is 0 Å². The lowest BCUT2D eigenvalue weighted by molar-refractivity contribution is -0.128. The molecule has 2 unspecified atom stereocenters. The number of aliphatic hydroxyl groups is 1. The number of carbonyl (C=O) groups excluding carboxylic acids is 2. The second kappa shape index (κ2) is 12.7. The van der Waals surface area contributed by atoms with E-state index in [1.165, 1.54) is 0 Å². The van der Waals surface area contributed by atoms with Crippen molar-refractivity contribution in [3.8, 4) is 0 Å². The zero-order valence-electron chi connectivity index (χ0n) is 23.5. The Morgan fingerprint density at radius 1 is 0.814 bits per heavy atom. The minimum Gasteiger partial charge on any atom is -0.388 e. The zero-order chi connectivity index (χ0) is 30.1. The molecule has 1 aromatic heterocycles. The third-order valence-corrected chi connectivity index (χ3v) is 9.66. The summed E-state index contributed by atoms with van der Waals surface area (Å²) in [6, 6.07) is 14.1. The third kappa shape index (κ3) is 5.99. The fourth-order valence-electron chi connectivity index (χ4n) is 6.42. The van der Waals surface area contributed by atoms with Crippen molar-refractivity contribution in [1.82, 2.24) is 29.6 Å². The van der Waals surface area contributed by atoms with E-state index in [0.29, 0.717) is 92.6 Å². The Bertz CT molecular complexity index is 1470. The first kappa shape index (κ1) is 30.2. The van der Waals surface area contributed by atoms with Gasteiger partial charge in [0.15, 0.2) is 0 Å². The van der Waals surface area contributed by atoms with Crippen LogP contribution >= 0.6 is 39.1 Å². The first-order valence-electron chi connectivity index (χ1n) is 14.3. The van der Waals surface area contributed by atoms with Gasteiger partial charge in [0.2, 0.25) is 5.95 Å². The van der Waals surface area contributed by atoms with Gasteiger partial charge in [0.05, 0.1) is 28.1 Å². The second-order valence-corrected chi connectivity index (χ2v) is 12.8. The number of aliphatic hydroxyl groups excluding tert-OH is 1. The number of hydrogen-bond acceptors (Lipinski definition) is 8. The Labute approximate surface area is 268 Å². The number of amides is 2. The Hall–Kier alpha value is -2.80. The largest absolute Gasteiger partial charge is 0.388 e. The highest BCUT2D eigenvalue weighted by molar-refractivity contribution is 9.10. The van der Waals surface area contributed by atoms with Crippen LogP contribution in [0.1, 0.15) is 20.7 Å². The molecule has 0 saturated carbocycles. The first-order chi connectivity index (χ1) is 20.8. The molecule has 3 fully saturated rings. The van der Waals surface area contributed by atoms with Crippen molar-refractivity contribution in [1.29, 1.82) is 0 Å². The maximum absolute atomic E-state index is 13.3. The van der Waals surface area contributed by atoms with E-state index in [1.54, 1.807) is 48.8 Å². The van der Waals surface area contributed by atoms with E-state index in [1.807, 2.05) is 26.8 Å². The summed E-state index contributed by atoms with van der Waals surface area (Å²) >= 11 is 15.7. The molecule has 0 bridgehead atoms. The van der Waals surface area contributed by atoms with E-state index in [2.05, 4.69) is 35.7 Å². The number of carbonyl (C=O) groups is 2. The number of halogens is 3. The van der Waals surface area contributed by atoms with Crippen LogP contribution in [0.5, 0.6) is 0 Å². The van der Waals surface area contributed by atoms with Crippen molar-refractivity contribution in [3.05, 3.63) is 86.6 Å². The van der Waals surface area contributed by atoms with E-state index < -0.39 is 11.8 Å². The molecule has 4 heterocycles. The number of aromatic nitrogens is 2. The number of hydrogen-bond donors (Lipinski definition) is 1. The fourth-order valence-corrected chi connectivity index (χ4v) is 6.97. The molecular formula is C30H32BrCl2N7O3. The number of benzene rings is 2. The molecule has 3 aliphatic heterocycles. The topological polar surface area (TPSA) is 96.4 Å². The summed E-state index contributed by atoms with van der Waals surface area (Å²) in [6.07, 6.45) is 2.67. The Balaban J connectivity index is 1.21. The van der Waals surface area contributed by atoms with Crippen molar-refractivity contribution < 1.29 is 14.7 Å². The summed E-state index contributed by atoms with van der Waals surface area (Å²) in [5.74, 6) is 0.424. The average Bonchev–Trinajstić information content (AvgIpc) is 3.39. The molecule has 226 valence electrons. The van der Waals surface area contributed by atoms with E-state index in [9.17, 15) is 14.7 Å². The summed E-state index contributed by atoms with van der Waals surface area (Å²) in [4.78, 5) is 45.8. The van der Waals surface area contributed by atoms with Crippen LogP contribution in [-0.4, -0.2) is 124 Å². The van der Waals surface area contributed by atoms with Gasteiger partial charge >= 0.3 is 0 Å². The van der Waals surface area contributed by atoms with Gasteiger partial charge in [-0.3, -0.25) is 19.4 Å². The van der Waals surface area contributed by atoms with Crippen LogP contribution in [0, 0.1) is 0 Å². The van der Waals surface area contributed by atoms with Crippen molar-refractivity contribution in [2.75, 3.05) is 70.3 Å². The molecule has 10 nitrogen and oxygen atoms in total. The SMILES string of the molecule is O=C(c1ccc(Cl)cc1)N1CCN(C2(N3CCN(C(=O)c4ccccc4Cl)CC3)CN(c3ncc(Br)cn3)CC2O)CC1. The van der Waals surface area contributed by atoms with Gasteiger partial charge in [0.1, 0.15) is 11.8 Å². The molecule has 0 spiro atoms. The maximum atomic E-state index is 13.3. The fraction of sp³-hybridized carbons (Fsp3) is 0.400. The van der Waals surface area contributed by atoms with Gasteiger partial charge in [-0.2, -0.15) is 0 Å². The van der Waals surface area contributed by atoms with Gasteiger partial charge in [0.25, 0.3) is 11.8 Å². The molecular weight excluding hydrogens is 657 g/mol. The highest BCUT2D eigenvalue weighted by atomic mass is 79.9. The van der Waals surface area contributed by atoms with Crippen LogP contribution < -0.4 is 4.90 Å². The molecule has 43 heavy (non-hydrogen) atoms. The minimum atomic E-state index is -0.745. The number of rotatable bonds is 5. The van der Waals surface area contributed by atoms with Crippen molar-refractivity contribution >= 4 is 56.9 Å². The van der Waals surface area contributed by atoms with Crippen molar-refractivity contribution in [2.24, 2.45) is 0 Å². The predicted molar refractivity (Wildman–Crippen MR) is 169 cm³/mol. The molecule has 2 aromatic carbocycles. The average molecular weight is 689 g/mol. The smallest absolute Gasteiger partial charge is 0.255 e. The molecule has 2 atom stereocenters. The lowest BCUT2D eigenvalue weighted by Gasteiger charge is -2.54. The first-order valence-corrected chi connectivity index (χ1v) is 15.8. The molecule has 3 aromatic rings. The molecule has 0 aliphatic carbocycles. The molecule has 13 heteroatoms. The number of anilines is 1. The predicted octanol–water partition coefficient (Wildman–Crippen LogP) is 3.34. The Morgan fingerprint density at radius 3 is 1.95 bits per heavy atom. The van der Waals surface area contributed by atoms with Crippen LogP contribution in [0.2, 0.25) is 10.0 Å². The van der Waals surface area contributed by atoms with Gasteiger partial charge in [-0.25, -0.2) is 9.97 Å². The van der Waals surface area contributed by atoms with E-state index in [-0.39, 0.29) is 11.8 Å². The van der Waals surface area contributed by atoms with Crippen molar-refractivity contribution in [2.45, 2.75) is 11.8 Å². The Morgan fingerprint density at radius 2 is 1.37 bits per heavy atom. The Kier molecular flexibility index (Phi) is 8.91. The number of piperazine rings is 2. The summed E-state index contributed by atoms with van der Waals surface area (Å²) in [6.45, 7) is 5.23. The minimum absolute atomic E-state index is 0.0334. The van der Waals surface area contributed by atoms with Crippen LogP contribution in [0.4, 0.5) is 5.95 Å². The monoisotopic (exact) mass is 687 g/mol. The lowest BCUT2D eigenvalue weighted by Crippen LogP contribution is -2.73. The highest BCUT2D eigenvalue weighted by Gasteiger charge is 2.55. The number of nitrogens with zero attached hydrogens (tertiary/aromatic N) is 7. The van der Waals surface area contributed by atoms with Crippen molar-refractivity contribution in [3.63, 3.8) is 0 Å². The molecule has 3 aliphatic rings. The van der Waals surface area contributed by atoms with E-state index in [4.69, 9.17) is 23.2 Å². The highest BCUT2D eigenvalue weighted by Crippen LogP contribution is 2.36. The van der Waals surface area contributed by atoms with Crippen LogP contribution in [0.25, 0.3) is 0 Å². The van der Waals surface area contributed by atoms with Crippen LogP contribution in [0.15, 0.2) is 65.4 Å². The standard InChI is InChI=1S/C30H32BrCl2N7O3/c31-22-17-34-29(35-18-22)38-19-26(41)30(20-38,39-13-9-36(10-14-39)27(42)21-5-7-23(32)8-6-21)40-15-11-37(12-16-40)28(43)24-3-1-2-4-25(24)33/h1-8,17-18,26,41H,9-16,19-20H2. The van der Waals surface area contributed by atoms with Gasteiger partial charge < -0.3 is 19.8 Å². The quantitative estimate of drug-likeness (QED) is 0.437. The van der Waals surface area contributed by atoms with Crippen LogP contribution in [0.3, 0.4) is 0 Å². The second-order valence-electron chi connectivity index (χ2n) is 11.0.